The van der Waals surface area contributed by atoms with Crippen LogP contribution >= 0.6 is 0 Å². The molecular weight excluding hydrogens is 244 g/mol. The fraction of sp³-hybridized carbons (Fsp3) is 0.429. The summed E-state index contributed by atoms with van der Waals surface area (Å²) in [5.41, 5.74) is 0.154. The number of hydrogen-bond acceptors (Lipinski definition) is 3. The number of carbonyl (C=O) groups is 2. The van der Waals surface area contributed by atoms with Gasteiger partial charge in [-0.1, -0.05) is 30.3 Å². The van der Waals surface area contributed by atoms with Gasteiger partial charge in [-0.25, -0.2) is 0 Å². The van der Waals surface area contributed by atoms with Crippen LogP contribution in [0.1, 0.15) is 19.4 Å². The lowest BCUT2D eigenvalue weighted by atomic mass is 9.94. The zero-order valence-corrected chi connectivity index (χ0v) is 11.3. The Balaban J connectivity index is 2.24. The van der Waals surface area contributed by atoms with Gasteiger partial charge in [-0.05, 0) is 19.4 Å². The highest BCUT2D eigenvalue weighted by Gasteiger charge is 2.26. The number of aliphatic carboxylic acids is 1. The molecule has 0 aromatic heterocycles. The standard InChI is InChI=1S/C14H20N2O3/c1-14(2,13(18)19)10-15-9-12(17)16-8-11-6-4-3-5-7-11/h3-7,15H,8-10H2,1-2H3,(H,16,17)(H,18,19). The zero-order chi connectivity index (χ0) is 14.3. The Hall–Kier alpha value is -1.88. The molecule has 0 fully saturated rings. The van der Waals surface area contributed by atoms with Crippen molar-refractivity contribution >= 4 is 11.9 Å². The van der Waals surface area contributed by atoms with Gasteiger partial charge in [0, 0.05) is 13.1 Å². The molecular formula is C14H20N2O3. The second kappa shape index (κ2) is 6.89. The van der Waals surface area contributed by atoms with Gasteiger partial charge in [0.05, 0.1) is 12.0 Å². The van der Waals surface area contributed by atoms with E-state index in [9.17, 15) is 9.59 Å². The number of hydrogen-bond donors (Lipinski definition) is 3. The van der Waals surface area contributed by atoms with E-state index in [1.807, 2.05) is 30.3 Å². The minimum Gasteiger partial charge on any atom is -0.481 e. The highest BCUT2D eigenvalue weighted by Crippen LogP contribution is 2.12. The zero-order valence-electron chi connectivity index (χ0n) is 11.3. The third-order valence-electron chi connectivity index (χ3n) is 2.76. The minimum atomic E-state index is -0.885. The molecule has 0 atom stereocenters. The van der Waals surface area contributed by atoms with Crippen LogP contribution in [0.4, 0.5) is 0 Å². The van der Waals surface area contributed by atoms with Crippen molar-refractivity contribution in [1.29, 1.82) is 0 Å². The maximum atomic E-state index is 11.6. The third-order valence-corrected chi connectivity index (χ3v) is 2.76. The van der Waals surface area contributed by atoms with E-state index < -0.39 is 11.4 Å². The van der Waals surface area contributed by atoms with Crippen LogP contribution < -0.4 is 10.6 Å². The van der Waals surface area contributed by atoms with E-state index in [-0.39, 0.29) is 19.0 Å². The highest BCUT2D eigenvalue weighted by atomic mass is 16.4. The molecule has 3 N–H and O–H groups in total. The van der Waals surface area contributed by atoms with E-state index in [0.717, 1.165) is 5.56 Å². The SMILES string of the molecule is CC(C)(CNCC(=O)NCc1ccccc1)C(=O)O. The number of carbonyl (C=O) groups excluding carboxylic acids is 1. The van der Waals surface area contributed by atoms with Crippen molar-refractivity contribution in [3.8, 4) is 0 Å². The van der Waals surface area contributed by atoms with Gasteiger partial charge < -0.3 is 15.7 Å². The fourth-order valence-electron chi connectivity index (χ4n) is 1.42. The molecule has 1 rings (SSSR count). The molecule has 104 valence electrons. The predicted molar refractivity (Wildman–Crippen MR) is 72.6 cm³/mol. The summed E-state index contributed by atoms with van der Waals surface area (Å²) in [5, 5.41) is 14.5. The number of carboxylic acids is 1. The molecule has 0 aliphatic carbocycles. The fourth-order valence-corrected chi connectivity index (χ4v) is 1.42. The summed E-state index contributed by atoms with van der Waals surface area (Å²) in [7, 11) is 0. The summed E-state index contributed by atoms with van der Waals surface area (Å²) in [6, 6.07) is 9.60. The van der Waals surface area contributed by atoms with E-state index >= 15 is 0 Å². The van der Waals surface area contributed by atoms with Crippen LogP contribution in [0, 0.1) is 5.41 Å². The van der Waals surface area contributed by atoms with E-state index in [2.05, 4.69) is 10.6 Å². The number of nitrogens with one attached hydrogen (secondary N) is 2. The number of rotatable bonds is 7. The van der Waals surface area contributed by atoms with Crippen molar-refractivity contribution in [2.45, 2.75) is 20.4 Å². The first kappa shape index (κ1) is 15.2. The molecule has 0 heterocycles. The van der Waals surface area contributed by atoms with Crippen molar-refractivity contribution in [3.05, 3.63) is 35.9 Å². The molecule has 5 nitrogen and oxygen atoms in total. The molecule has 0 aliphatic heterocycles. The monoisotopic (exact) mass is 264 g/mol. The number of benzene rings is 1. The lowest BCUT2D eigenvalue weighted by Gasteiger charge is -2.19. The molecule has 0 saturated heterocycles. The summed E-state index contributed by atoms with van der Waals surface area (Å²) in [4.78, 5) is 22.4. The van der Waals surface area contributed by atoms with Gasteiger partial charge in [-0.3, -0.25) is 9.59 Å². The van der Waals surface area contributed by atoms with Crippen LogP contribution in [0.25, 0.3) is 0 Å². The van der Waals surface area contributed by atoms with Gasteiger partial charge in [-0.2, -0.15) is 0 Å². The largest absolute Gasteiger partial charge is 0.481 e. The molecule has 5 heteroatoms. The van der Waals surface area contributed by atoms with Crippen molar-refractivity contribution in [3.63, 3.8) is 0 Å². The summed E-state index contributed by atoms with van der Waals surface area (Å²) in [6.07, 6.45) is 0. The van der Waals surface area contributed by atoms with Gasteiger partial charge in [-0.15, -0.1) is 0 Å². The quantitative estimate of drug-likeness (QED) is 0.686. The van der Waals surface area contributed by atoms with Crippen LogP contribution in [-0.4, -0.2) is 30.1 Å². The molecule has 0 bridgehead atoms. The maximum Gasteiger partial charge on any atom is 0.310 e. The van der Waals surface area contributed by atoms with Crippen molar-refractivity contribution < 1.29 is 14.7 Å². The highest BCUT2D eigenvalue weighted by molar-refractivity contribution is 5.78. The molecule has 1 aromatic rings. The molecule has 0 saturated carbocycles. The van der Waals surface area contributed by atoms with Crippen LogP contribution in [-0.2, 0) is 16.1 Å². The molecule has 0 unspecified atom stereocenters. The predicted octanol–water partition coefficient (Wildman–Crippen LogP) is 1.00. The molecule has 1 amide bonds. The van der Waals surface area contributed by atoms with Crippen LogP contribution in [0.15, 0.2) is 30.3 Å². The first-order valence-electron chi connectivity index (χ1n) is 6.16. The van der Waals surface area contributed by atoms with Gasteiger partial charge in [0.2, 0.25) is 5.91 Å². The molecule has 0 radical (unpaired) electrons. The molecule has 1 aromatic carbocycles. The van der Waals surface area contributed by atoms with E-state index in [1.165, 1.54) is 0 Å². The van der Waals surface area contributed by atoms with Crippen molar-refractivity contribution in [1.82, 2.24) is 10.6 Å². The molecule has 0 spiro atoms. The second-order valence-corrected chi connectivity index (χ2v) is 5.05. The lowest BCUT2D eigenvalue weighted by molar-refractivity contribution is -0.146. The Bertz CT molecular complexity index is 430. The second-order valence-electron chi connectivity index (χ2n) is 5.05. The average Bonchev–Trinajstić information content (AvgIpc) is 2.37. The Morgan fingerprint density at radius 3 is 2.42 bits per heavy atom. The third kappa shape index (κ3) is 5.52. The first-order chi connectivity index (χ1) is 8.92. The van der Waals surface area contributed by atoms with Crippen LogP contribution in [0.5, 0.6) is 0 Å². The smallest absolute Gasteiger partial charge is 0.310 e. The normalized spacial score (nSPS) is 11.1. The summed E-state index contributed by atoms with van der Waals surface area (Å²) in [5.74, 6) is -1.03. The Kier molecular flexibility index (Phi) is 5.51. The maximum absolute atomic E-state index is 11.6. The number of carboxylic acid groups (broad SMARTS) is 1. The van der Waals surface area contributed by atoms with Gasteiger partial charge in [0.1, 0.15) is 0 Å². The number of amides is 1. The summed E-state index contributed by atoms with van der Waals surface area (Å²) in [6.45, 7) is 4.07. The van der Waals surface area contributed by atoms with E-state index in [1.54, 1.807) is 13.8 Å². The Morgan fingerprint density at radius 2 is 1.84 bits per heavy atom. The van der Waals surface area contributed by atoms with Crippen molar-refractivity contribution in [2.24, 2.45) is 5.41 Å². The summed E-state index contributed by atoms with van der Waals surface area (Å²) < 4.78 is 0. The van der Waals surface area contributed by atoms with Crippen molar-refractivity contribution in [2.75, 3.05) is 13.1 Å². The average molecular weight is 264 g/mol. The van der Waals surface area contributed by atoms with Crippen LogP contribution in [0.2, 0.25) is 0 Å². The topological polar surface area (TPSA) is 78.4 Å². The van der Waals surface area contributed by atoms with E-state index in [4.69, 9.17) is 5.11 Å². The first-order valence-corrected chi connectivity index (χ1v) is 6.16. The van der Waals surface area contributed by atoms with Gasteiger partial charge in [0.15, 0.2) is 0 Å². The molecule has 19 heavy (non-hydrogen) atoms. The van der Waals surface area contributed by atoms with E-state index in [0.29, 0.717) is 6.54 Å². The lowest BCUT2D eigenvalue weighted by Crippen LogP contribution is -2.41. The minimum absolute atomic E-state index is 0.115. The Labute approximate surface area is 113 Å². The van der Waals surface area contributed by atoms with Crippen LogP contribution in [0.3, 0.4) is 0 Å². The van der Waals surface area contributed by atoms with Gasteiger partial charge >= 0.3 is 5.97 Å². The molecule has 0 aliphatic rings. The Morgan fingerprint density at radius 1 is 1.21 bits per heavy atom. The van der Waals surface area contributed by atoms with Gasteiger partial charge in [0.25, 0.3) is 0 Å². The summed E-state index contributed by atoms with van der Waals surface area (Å²) >= 11 is 0.